The Morgan fingerprint density at radius 1 is 0.730 bits per heavy atom. The van der Waals surface area contributed by atoms with Gasteiger partial charge in [-0.05, 0) is 47.0 Å². The molecule has 0 aromatic heterocycles. The van der Waals surface area contributed by atoms with Crippen molar-refractivity contribution in [2.45, 2.75) is 12.8 Å². The summed E-state index contributed by atoms with van der Waals surface area (Å²) in [6.45, 7) is 1.96. The highest BCUT2D eigenvalue weighted by atomic mass is 16.5. The zero-order valence-electron chi connectivity index (χ0n) is 20.1. The minimum absolute atomic E-state index is 0.278. The van der Waals surface area contributed by atoms with E-state index in [1.54, 1.807) is 12.1 Å². The lowest BCUT2D eigenvalue weighted by atomic mass is 9.64. The number of carbonyl (C=O) groups excluding carboxylic acids is 3. The van der Waals surface area contributed by atoms with E-state index in [1.165, 1.54) is 4.90 Å². The van der Waals surface area contributed by atoms with E-state index in [1.807, 2.05) is 91.9 Å². The zero-order valence-corrected chi connectivity index (χ0v) is 20.1. The fraction of sp³-hybridized carbons (Fsp3) is 0.156. The Hall–Kier alpha value is -4.51. The highest BCUT2D eigenvalue weighted by molar-refractivity contribution is 6.25. The zero-order chi connectivity index (χ0) is 25.3. The summed E-state index contributed by atoms with van der Waals surface area (Å²) < 4.78 is 5.84. The fourth-order valence-corrected chi connectivity index (χ4v) is 6.28. The van der Waals surface area contributed by atoms with Crippen LogP contribution < -0.4 is 9.64 Å². The fourth-order valence-electron chi connectivity index (χ4n) is 6.28. The topological polar surface area (TPSA) is 63.7 Å². The minimum atomic E-state index is -0.852. The molecule has 1 aliphatic carbocycles. The van der Waals surface area contributed by atoms with E-state index in [0.717, 1.165) is 33.0 Å². The van der Waals surface area contributed by atoms with E-state index in [2.05, 4.69) is 0 Å². The Morgan fingerprint density at radius 3 is 2.22 bits per heavy atom. The maximum Gasteiger partial charge on any atom is 0.319 e. The predicted molar refractivity (Wildman–Crippen MR) is 141 cm³/mol. The first-order valence-electron chi connectivity index (χ1n) is 12.5. The Balaban J connectivity index is 1.47. The van der Waals surface area contributed by atoms with Crippen molar-refractivity contribution in [1.29, 1.82) is 0 Å². The van der Waals surface area contributed by atoms with Crippen molar-refractivity contribution in [3.63, 3.8) is 0 Å². The summed E-state index contributed by atoms with van der Waals surface area (Å²) in [5, 5.41) is 1.98. The van der Waals surface area contributed by atoms with Crippen molar-refractivity contribution in [3.8, 4) is 5.75 Å². The summed E-state index contributed by atoms with van der Waals surface area (Å²) in [5.41, 5.74) is 4.10. The van der Waals surface area contributed by atoms with E-state index >= 15 is 0 Å². The van der Waals surface area contributed by atoms with Crippen molar-refractivity contribution < 1.29 is 19.1 Å². The Bertz CT molecular complexity index is 1640. The number of ether oxygens (including phenoxy) is 1. The number of hydrogen-bond donors (Lipinski definition) is 0. The second kappa shape index (κ2) is 8.00. The number of nitrogens with zero attached hydrogens (tertiary/aromatic N) is 1. The van der Waals surface area contributed by atoms with Crippen molar-refractivity contribution in [1.82, 2.24) is 0 Å². The van der Waals surface area contributed by atoms with Crippen LogP contribution in [0.4, 0.5) is 5.69 Å². The molecule has 4 aromatic carbocycles. The summed E-state index contributed by atoms with van der Waals surface area (Å²) in [6, 6.07) is 28.8. The van der Waals surface area contributed by atoms with Crippen molar-refractivity contribution >= 4 is 39.8 Å². The predicted octanol–water partition coefficient (Wildman–Crippen LogP) is 5.67. The first-order valence-corrected chi connectivity index (χ1v) is 12.5. The standard InChI is InChI=1S/C32H23NO4/c1-18-11-14-21(15-12-18)33-30(34)27-23(19-7-3-2-4-8-19)17-24-26-22-10-6-5-9-20(22)13-16-25(26)37-32(36)28(24)29(27)31(33)35/h2-17,23,27-29H,1H3/t23-,27-,28-,29+/m1/s1. The second-order valence-electron chi connectivity index (χ2n) is 10.0. The molecule has 0 unspecified atom stereocenters. The number of esters is 1. The van der Waals surface area contributed by atoms with Gasteiger partial charge in [-0.25, -0.2) is 4.90 Å². The molecular formula is C32H23NO4. The maximum absolute atomic E-state index is 14.1. The van der Waals surface area contributed by atoms with Gasteiger partial charge >= 0.3 is 5.97 Å². The Morgan fingerprint density at radius 2 is 1.43 bits per heavy atom. The monoisotopic (exact) mass is 485 g/mol. The molecule has 2 heterocycles. The molecule has 2 amide bonds. The third-order valence-electron chi connectivity index (χ3n) is 7.96. The van der Waals surface area contributed by atoms with Crippen LogP contribution in [0.15, 0.2) is 97.1 Å². The quantitative estimate of drug-likeness (QED) is 0.209. The van der Waals surface area contributed by atoms with Gasteiger partial charge in [-0.1, -0.05) is 84.4 Å². The van der Waals surface area contributed by atoms with Gasteiger partial charge in [0.25, 0.3) is 0 Å². The summed E-state index contributed by atoms with van der Waals surface area (Å²) in [7, 11) is 0. The van der Waals surface area contributed by atoms with Crippen molar-refractivity contribution in [2.24, 2.45) is 17.8 Å². The maximum atomic E-state index is 14.1. The summed E-state index contributed by atoms with van der Waals surface area (Å²) in [5.74, 6) is -3.38. The molecule has 5 heteroatoms. The SMILES string of the molecule is Cc1ccc(N2C(=O)[C@@H]3[C@@H]4C(=O)Oc5ccc6ccccc6c5C4=C[C@H](c4ccccc4)[C@H]3C2=O)cc1. The molecule has 37 heavy (non-hydrogen) atoms. The van der Waals surface area contributed by atoms with Gasteiger partial charge < -0.3 is 4.74 Å². The number of allylic oxidation sites excluding steroid dienone is 1. The molecule has 180 valence electrons. The molecule has 4 aromatic rings. The van der Waals surface area contributed by atoms with E-state index in [4.69, 9.17) is 4.74 Å². The van der Waals surface area contributed by atoms with Gasteiger partial charge in [-0.15, -0.1) is 0 Å². The van der Waals surface area contributed by atoms with E-state index in [9.17, 15) is 14.4 Å². The molecular weight excluding hydrogens is 462 g/mol. The average molecular weight is 486 g/mol. The minimum Gasteiger partial charge on any atom is -0.425 e. The number of benzene rings is 4. The second-order valence-corrected chi connectivity index (χ2v) is 10.0. The first kappa shape index (κ1) is 21.7. The molecule has 0 N–H and O–H groups in total. The number of hydrogen-bond acceptors (Lipinski definition) is 4. The van der Waals surface area contributed by atoms with Crippen LogP contribution in [0, 0.1) is 24.7 Å². The number of imide groups is 1. The van der Waals surface area contributed by atoms with Crippen LogP contribution >= 0.6 is 0 Å². The Labute approximate surface area is 214 Å². The Kier molecular flexibility index (Phi) is 4.70. The van der Waals surface area contributed by atoms with Crippen LogP contribution in [0.2, 0.25) is 0 Å². The molecule has 0 saturated carbocycles. The van der Waals surface area contributed by atoms with Gasteiger partial charge in [0.05, 0.1) is 23.4 Å². The summed E-state index contributed by atoms with van der Waals surface area (Å²) in [6.07, 6.45) is 2.04. The van der Waals surface area contributed by atoms with Gasteiger partial charge in [-0.3, -0.25) is 14.4 Å². The number of fused-ring (bicyclic) bond motifs is 7. The molecule has 7 rings (SSSR count). The number of carbonyl (C=O) groups is 3. The third kappa shape index (κ3) is 3.13. The highest BCUT2D eigenvalue weighted by Crippen LogP contribution is 2.55. The van der Waals surface area contributed by atoms with Crippen LogP contribution in [-0.4, -0.2) is 17.8 Å². The van der Waals surface area contributed by atoms with Gasteiger partial charge in [0.2, 0.25) is 11.8 Å². The van der Waals surface area contributed by atoms with Crippen LogP contribution in [0.3, 0.4) is 0 Å². The largest absolute Gasteiger partial charge is 0.425 e. The van der Waals surface area contributed by atoms with Crippen LogP contribution in [0.1, 0.15) is 22.6 Å². The lowest BCUT2D eigenvalue weighted by Crippen LogP contribution is -2.42. The molecule has 5 nitrogen and oxygen atoms in total. The number of rotatable bonds is 2. The average Bonchev–Trinajstić information content (AvgIpc) is 3.19. The molecule has 0 spiro atoms. The molecule has 4 atom stereocenters. The third-order valence-corrected chi connectivity index (χ3v) is 7.96. The van der Waals surface area contributed by atoms with Crippen molar-refractivity contribution in [2.75, 3.05) is 4.90 Å². The molecule has 3 aliphatic rings. The van der Waals surface area contributed by atoms with Crippen LogP contribution in [0.5, 0.6) is 5.75 Å². The van der Waals surface area contributed by atoms with E-state index < -0.39 is 23.7 Å². The van der Waals surface area contributed by atoms with Crippen molar-refractivity contribution in [3.05, 3.63) is 114 Å². The van der Waals surface area contributed by atoms with E-state index in [-0.39, 0.29) is 17.7 Å². The number of amides is 2. The summed E-state index contributed by atoms with van der Waals surface area (Å²) in [4.78, 5) is 42.8. The van der Waals surface area contributed by atoms with Crippen LogP contribution in [-0.2, 0) is 14.4 Å². The van der Waals surface area contributed by atoms with Gasteiger partial charge in [0.15, 0.2) is 0 Å². The lowest BCUT2D eigenvalue weighted by molar-refractivity contribution is -0.142. The number of anilines is 1. The van der Waals surface area contributed by atoms with Gasteiger partial charge in [0.1, 0.15) is 5.75 Å². The first-order chi connectivity index (χ1) is 18.0. The number of aryl methyl sites for hydroxylation is 1. The lowest BCUT2D eigenvalue weighted by Gasteiger charge is -2.38. The molecule has 0 radical (unpaired) electrons. The summed E-state index contributed by atoms with van der Waals surface area (Å²) >= 11 is 0. The highest BCUT2D eigenvalue weighted by Gasteiger charge is 2.60. The van der Waals surface area contributed by atoms with Crippen LogP contribution in [0.25, 0.3) is 16.3 Å². The molecule has 1 fully saturated rings. The van der Waals surface area contributed by atoms with E-state index in [0.29, 0.717) is 11.4 Å². The molecule has 2 aliphatic heterocycles. The molecule has 0 bridgehead atoms. The van der Waals surface area contributed by atoms with Gasteiger partial charge in [-0.2, -0.15) is 0 Å². The molecule has 1 saturated heterocycles. The normalized spacial score (nSPS) is 24.3. The van der Waals surface area contributed by atoms with Gasteiger partial charge in [0, 0.05) is 11.5 Å². The smallest absolute Gasteiger partial charge is 0.319 e.